The Bertz CT molecular complexity index is 1330. The van der Waals surface area contributed by atoms with Gasteiger partial charge < -0.3 is 23.2 Å². The number of carbonyl (C=O) groups is 1. The Morgan fingerprint density at radius 1 is 1.11 bits per heavy atom. The molecule has 1 aliphatic heterocycles. The summed E-state index contributed by atoms with van der Waals surface area (Å²) in [6, 6.07) is 15.6. The van der Waals surface area contributed by atoms with Crippen molar-refractivity contribution in [3.8, 4) is 23.0 Å². The Kier molecular flexibility index (Phi) is 6.50. The van der Waals surface area contributed by atoms with E-state index in [2.05, 4.69) is 10.2 Å². The first-order valence-electron chi connectivity index (χ1n) is 11.2. The molecule has 5 rings (SSSR count). The van der Waals surface area contributed by atoms with Crippen molar-refractivity contribution in [2.45, 2.75) is 24.6 Å². The summed E-state index contributed by atoms with van der Waals surface area (Å²) in [5, 5.41) is 8.52. The van der Waals surface area contributed by atoms with Crippen molar-refractivity contribution in [1.82, 2.24) is 15.1 Å². The molecule has 1 amide bonds. The number of hydrogen-bond donors (Lipinski definition) is 0. The maximum atomic E-state index is 13.5. The van der Waals surface area contributed by atoms with Crippen molar-refractivity contribution in [2.24, 2.45) is 0 Å². The number of amides is 1. The van der Waals surface area contributed by atoms with E-state index in [9.17, 15) is 4.79 Å². The van der Waals surface area contributed by atoms with Gasteiger partial charge in [-0.2, -0.15) is 0 Å². The lowest BCUT2D eigenvalue weighted by atomic mass is 9.87. The topological polar surface area (TPSA) is 90.8 Å². The smallest absolute Gasteiger partial charge is 0.277 e. The van der Waals surface area contributed by atoms with Crippen LogP contribution in [0.2, 0.25) is 0 Å². The van der Waals surface area contributed by atoms with Gasteiger partial charge >= 0.3 is 0 Å². The van der Waals surface area contributed by atoms with Crippen molar-refractivity contribution in [1.29, 1.82) is 0 Å². The van der Waals surface area contributed by atoms with Gasteiger partial charge in [0.15, 0.2) is 11.5 Å². The number of nitrogens with zero attached hydrogens (tertiary/aromatic N) is 3. The van der Waals surface area contributed by atoms with E-state index in [4.69, 9.17) is 18.3 Å². The van der Waals surface area contributed by atoms with Crippen LogP contribution in [0.3, 0.4) is 0 Å². The van der Waals surface area contributed by atoms with Gasteiger partial charge in [-0.1, -0.05) is 42.1 Å². The number of ether oxygens (including phenoxy) is 2. The minimum atomic E-state index is -0.236. The lowest BCUT2D eigenvalue weighted by Crippen LogP contribution is -2.41. The molecule has 0 unspecified atom stereocenters. The average molecular weight is 492 g/mol. The van der Waals surface area contributed by atoms with Crippen LogP contribution in [-0.2, 0) is 11.2 Å². The Hall–Kier alpha value is -3.72. The molecule has 8 nitrogen and oxygen atoms in total. The molecule has 35 heavy (non-hydrogen) atoms. The van der Waals surface area contributed by atoms with Gasteiger partial charge in [-0.25, -0.2) is 0 Å². The van der Waals surface area contributed by atoms with E-state index in [0.29, 0.717) is 34.9 Å². The van der Waals surface area contributed by atoms with E-state index in [1.54, 1.807) is 26.5 Å². The van der Waals surface area contributed by atoms with Crippen LogP contribution in [0.5, 0.6) is 11.5 Å². The van der Waals surface area contributed by atoms with Crippen molar-refractivity contribution in [3.63, 3.8) is 0 Å². The number of aryl methyl sites for hydroxylation is 1. The van der Waals surface area contributed by atoms with Crippen LogP contribution in [0, 0.1) is 6.92 Å². The number of fused-ring (bicyclic) bond motifs is 1. The molecular weight excluding hydrogens is 466 g/mol. The van der Waals surface area contributed by atoms with Crippen LogP contribution in [0.25, 0.3) is 11.5 Å². The average Bonchev–Trinajstić information content (AvgIpc) is 3.54. The summed E-state index contributed by atoms with van der Waals surface area (Å²) in [5.74, 6) is 2.57. The predicted molar refractivity (Wildman–Crippen MR) is 131 cm³/mol. The molecule has 9 heteroatoms. The van der Waals surface area contributed by atoms with E-state index in [0.717, 1.165) is 28.7 Å². The van der Waals surface area contributed by atoms with Gasteiger partial charge in [-0.3, -0.25) is 4.79 Å². The lowest BCUT2D eigenvalue weighted by Gasteiger charge is -2.38. The maximum absolute atomic E-state index is 13.5. The number of aromatic nitrogens is 2. The first kappa shape index (κ1) is 23.0. The second kappa shape index (κ2) is 9.87. The van der Waals surface area contributed by atoms with Gasteiger partial charge in [0, 0.05) is 6.54 Å². The third-order valence-corrected chi connectivity index (χ3v) is 6.93. The van der Waals surface area contributed by atoms with Gasteiger partial charge in [0.25, 0.3) is 11.1 Å². The Labute approximate surface area is 207 Å². The van der Waals surface area contributed by atoms with E-state index < -0.39 is 0 Å². The number of rotatable bonds is 7. The van der Waals surface area contributed by atoms with Crippen LogP contribution in [0.4, 0.5) is 0 Å². The number of carbonyl (C=O) groups excluding carboxylic acids is 1. The standard InChI is InChI=1S/C26H25N3O5S/c1-16-19(10-12-33-16)25-27-28-26(34-25)35-15-23(30)29-11-9-18-13-21(31-2)22(32-3)14-20(18)24(29)17-7-5-4-6-8-17/h4-8,10,12-14,24H,9,11,15H2,1-3H3/t24-/m0/s1. The molecule has 0 fully saturated rings. The highest BCUT2D eigenvalue weighted by atomic mass is 32.2. The Morgan fingerprint density at radius 2 is 1.89 bits per heavy atom. The van der Waals surface area contributed by atoms with Crippen molar-refractivity contribution >= 4 is 17.7 Å². The summed E-state index contributed by atoms with van der Waals surface area (Å²) in [5.41, 5.74) is 3.96. The second-order valence-corrected chi connectivity index (χ2v) is 9.04. The molecule has 0 aliphatic carbocycles. The molecular formula is C26H25N3O5S. The van der Waals surface area contributed by atoms with E-state index in [-0.39, 0.29) is 17.7 Å². The van der Waals surface area contributed by atoms with Crippen LogP contribution < -0.4 is 9.47 Å². The van der Waals surface area contributed by atoms with Crippen LogP contribution >= 0.6 is 11.8 Å². The summed E-state index contributed by atoms with van der Waals surface area (Å²) < 4.78 is 22.1. The number of benzene rings is 2. The fourth-order valence-corrected chi connectivity index (χ4v) is 5.05. The van der Waals surface area contributed by atoms with Gasteiger partial charge in [-0.05, 0) is 48.2 Å². The van der Waals surface area contributed by atoms with Crippen molar-refractivity contribution in [2.75, 3.05) is 26.5 Å². The maximum Gasteiger partial charge on any atom is 0.277 e. The lowest BCUT2D eigenvalue weighted by molar-refractivity contribution is -0.130. The summed E-state index contributed by atoms with van der Waals surface area (Å²) in [6.07, 6.45) is 2.30. The van der Waals surface area contributed by atoms with E-state index in [1.165, 1.54) is 11.8 Å². The fraction of sp³-hybridized carbons (Fsp3) is 0.269. The molecule has 0 spiro atoms. The molecule has 3 heterocycles. The summed E-state index contributed by atoms with van der Waals surface area (Å²) >= 11 is 1.23. The zero-order chi connectivity index (χ0) is 24.4. The minimum Gasteiger partial charge on any atom is -0.493 e. The normalized spacial score (nSPS) is 15.1. The molecule has 0 saturated heterocycles. The fourth-order valence-electron chi connectivity index (χ4n) is 4.40. The van der Waals surface area contributed by atoms with Gasteiger partial charge in [0.1, 0.15) is 5.76 Å². The molecule has 0 bridgehead atoms. The number of methoxy groups -OCH3 is 2. The monoisotopic (exact) mass is 491 g/mol. The van der Waals surface area contributed by atoms with E-state index in [1.807, 2.05) is 54.3 Å². The third-order valence-electron chi connectivity index (χ3n) is 6.12. The molecule has 4 aromatic rings. The molecule has 0 radical (unpaired) electrons. The Balaban J connectivity index is 1.40. The summed E-state index contributed by atoms with van der Waals surface area (Å²) in [4.78, 5) is 15.4. The molecule has 1 aliphatic rings. The van der Waals surface area contributed by atoms with Crippen LogP contribution in [-0.4, -0.2) is 47.5 Å². The predicted octanol–water partition coefficient (Wildman–Crippen LogP) is 4.92. The highest BCUT2D eigenvalue weighted by Crippen LogP contribution is 2.41. The second-order valence-electron chi connectivity index (χ2n) is 8.11. The zero-order valence-electron chi connectivity index (χ0n) is 19.7. The van der Waals surface area contributed by atoms with Crippen LogP contribution in [0.15, 0.2) is 68.9 Å². The molecule has 1 atom stereocenters. The molecule has 0 saturated carbocycles. The van der Waals surface area contributed by atoms with Crippen LogP contribution in [0.1, 0.15) is 28.5 Å². The first-order valence-corrected chi connectivity index (χ1v) is 12.2. The number of furan rings is 1. The molecule has 180 valence electrons. The molecule has 2 aromatic heterocycles. The summed E-state index contributed by atoms with van der Waals surface area (Å²) in [7, 11) is 3.25. The Morgan fingerprint density at radius 3 is 2.60 bits per heavy atom. The highest BCUT2D eigenvalue weighted by molar-refractivity contribution is 7.99. The SMILES string of the molecule is COc1cc2c(cc1OC)[C@H](c1ccccc1)N(C(=O)CSc1nnc(-c3ccoc3C)o1)CC2. The van der Waals surface area contributed by atoms with Gasteiger partial charge in [0.05, 0.1) is 37.8 Å². The van der Waals surface area contributed by atoms with Gasteiger partial charge in [-0.15, -0.1) is 10.2 Å². The van der Waals surface area contributed by atoms with Gasteiger partial charge in [0.2, 0.25) is 5.91 Å². The van der Waals surface area contributed by atoms with Crippen molar-refractivity contribution in [3.05, 3.63) is 77.2 Å². The number of hydrogen-bond acceptors (Lipinski definition) is 8. The molecule has 2 aromatic carbocycles. The zero-order valence-corrected chi connectivity index (χ0v) is 20.5. The highest BCUT2D eigenvalue weighted by Gasteiger charge is 2.33. The largest absolute Gasteiger partial charge is 0.493 e. The first-order chi connectivity index (χ1) is 17.1. The third kappa shape index (κ3) is 4.51. The quantitative estimate of drug-likeness (QED) is 0.337. The van der Waals surface area contributed by atoms with Crippen molar-refractivity contribution < 1.29 is 23.1 Å². The number of thioether (sulfide) groups is 1. The minimum absolute atomic E-state index is 0.0106. The summed E-state index contributed by atoms with van der Waals surface area (Å²) in [6.45, 7) is 2.42. The van der Waals surface area contributed by atoms with E-state index >= 15 is 0 Å². The molecule has 0 N–H and O–H groups in total.